The third-order valence-corrected chi connectivity index (χ3v) is 5.12. The van der Waals surface area contributed by atoms with Gasteiger partial charge in [-0.2, -0.15) is 0 Å². The van der Waals surface area contributed by atoms with Gasteiger partial charge in [0.25, 0.3) is 0 Å². The second kappa shape index (κ2) is 7.39. The molecule has 144 valence electrons. The molecule has 1 aliphatic rings. The molecule has 1 atom stereocenters. The molecular weight excluding hydrogens is 385 g/mol. The summed E-state index contributed by atoms with van der Waals surface area (Å²) >= 11 is 1.16. The quantitative estimate of drug-likeness (QED) is 0.500. The second-order valence-corrected chi connectivity index (χ2v) is 7.31. The van der Waals surface area contributed by atoms with Gasteiger partial charge in [-0.15, -0.1) is 10.2 Å². The number of ether oxygens (including phenoxy) is 2. The summed E-state index contributed by atoms with van der Waals surface area (Å²) in [7, 11) is 0. The summed E-state index contributed by atoms with van der Waals surface area (Å²) in [5.41, 5.74) is 1.23. The summed E-state index contributed by atoms with van der Waals surface area (Å²) in [5, 5.41) is 10.8. The summed E-state index contributed by atoms with van der Waals surface area (Å²) in [6.45, 7) is 1.90. The topological polar surface area (TPSA) is 104 Å². The molecule has 4 rings (SSSR count). The number of carbonyl (C=O) groups is 1. The van der Waals surface area contributed by atoms with Gasteiger partial charge in [0.05, 0.1) is 5.25 Å². The van der Waals surface area contributed by atoms with Gasteiger partial charge < -0.3 is 20.6 Å². The first kappa shape index (κ1) is 18.1. The second-order valence-electron chi connectivity index (χ2n) is 6.00. The van der Waals surface area contributed by atoms with Crippen molar-refractivity contribution in [3.05, 3.63) is 48.3 Å². The largest absolute Gasteiger partial charge is 0.454 e. The number of anilines is 1. The molecular formula is C18H16FN5O3S. The minimum absolute atomic E-state index is 0.168. The van der Waals surface area contributed by atoms with E-state index in [1.54, 1.807) is 37.3 Å². The van der Waals surface area contributed by atoms with Crippen LogP contribution in [0.5, 0.6) is 11.5 Å². The van der Waals surface area contributed by atoms with Gasteiger partial charge in [0, 0.05) is 17.3 Å². The molecule has 8 nitrogen and oxygen atoms in total. The van der Waals surface area contributed by atoms with Crippen LogP contribution in [0.15, 0.2) is 47.6 Å². The third kappa shape index (κ3) is 3.58. The highest BCUT2D eigenvalue weighted by molar-refractivity contribution is 8.00. The number of amides is 1. The standard InChI is InChI=1S/C18H16FN5O3S/c1-10(17(25)21-13-6-7-14-15(8-13)27-9-26-14)28-18-23-22-16(24(18)20)11-2-4-12(19)5-3-11/h2-8,10H,9,20H2,1H3,(H,21,25)/t10-/m0/s1. The first-order valence-electron chi connectivity index (χ1n) is 8.35. The van der Waals surface area contributed by atoms with Gasteiger partial charge in [-0.05, 0) is 43.3 Å². The number of halogens is 1. The number of hydrogen-bond acceptors (Lipinski definition) is 7. The number of rotatable bonds is 5. The first-order chi connectivity index (χ1) is 13.5. The van der Waals surface area contributed by atoms with Gasteiger partial charge >= 0.3 is 0 Å². The fourth-order valence-electron chi connectivity index (χ4n) is 2.58. The number of nitrogen functional groups attached to an aromatic ring is 1. The maximum atomic E-state index is 13.1. The molecule has 10 heteroatoms. The summed E-state index contributed by atoms with van der Waals surface area (Å²) in [6, 6.07) is 10.9. The highest BCUT2D eigenvalue weighted by Crippen LogP contribution is 2.34. The van der Waals surface area contributed by atoms with Crippen LogP contribution in [0.3, 0.4) is 0 Å². The van der Waals surface area contributed by atoms with E-state index >= 15 is 0 Å². The van der Waals surface area contributed by atoms with Crippen LogP contribution >= 0.6 is 11.8 Å². The van der Waals surface area contributed by atoms with E-state index in [0.717, 1.165) is 11.8 Å². The van der Waals surface area contributed by atoms with E-state index in [-0.39, 0.29) is 18.5 Å². The molecule has 0 aliphatic carbocycles. The number of benzene rings is 2. The number of nitrogens with two attached hydrogens (primary N) is 1. The number of hydrogen-bond donors (Lipinski definition) is 2. The van der Waals surface area contributed by atoms with Crippen molar-refractivity contribution in [2.24, 2.45) is 0 Å². The lowest BCUT2D eigenvalue weighted by molar-refractivity contribution is -0.115. The number of aromatic nitrogens is 3. The van der Waals surface area contributed by atoms with E-state index in [4.69, 9.17) is 15.3 Å². The molecule has 0 radical (unpaired) electrons. The fourth-order valence-corrected chi connectivity index (χ4v) is 3.35. The normalized spacial score (nSPS) is 13.4. The summed E-state index contributed by atoms with van der Waals surface area (Å²) < 4.78 is 24.9. The Balaban J connectivity index is 1.44. The summed E-state index contributed by atoms with van der Waals surface area (Å²) in [4.78, 5) is 12.5. The van der Waals surface area contributed by atoms with Crippen LogP contribution in [0.1, 0.15) is 6.92 Å². The Morgan fingerprint density at radius 1 is 1.21 bits per heavy atom. The summed E-state index contributed by atoms with van der Waals surface area (Å²) in [6.07, 6.45) is 0. The van der Waals surface area contributed by atoms with Crippen LogP contribution in [-0.2, 0) is 4.79 Å². The van der Waals surface area contributed by atoms with Crippen LogP contribution < -0.4 is 20.6 Å². The Morgan fingerprint density at radius 3 is 2.75 bits per heavy atom. The monoisotopic (exact) mass is 401 g/mol. The van der Waals surface area contributed by atoms with Crippen molar-refractivity contribution in [1.82, 2.24) is 14.9 Å². The Bertz CT molecular complexity index is 1020. The van der Waals surface area contributed by atoms with Crippen LogP contribution in [0, 0.1) is 5.82 Å². The van der Waals surface area contributed by atoms with E-state index in [2.05, 4.69) is 15.5 Å². The van der Waals surface area contributed by atoms with Crippen molar-refractivity contribution in [3.8, 4) is 22.9 Å². The molecule has 0 saturated carbocycles. The molecule has 2 aromatic carbocycles. The van der Waals surface area contributed by atoms with E-state index in [9.17, 15) is 9.18 Å². The molecule has 1 aliphatic heterocycles. The van der Waals surface area contributed by atoms with Gasteiger partial charge in [-0.25, -0.2) is 9.07 Å². The maximum absolute atomic E-state index is 13.1. The van der Waals surface area contributed by atoms with Crippen molar-refractivity contribution >= 4 is 23.4 Å². The van der Waals surface area contributed by atoms with Crippen molar-refractivity contribution in [1.29, 1.82) is 0 Å². The molecule has 2 heterocycles. The van der Waals surface area contributed by atoms with E-state index in [0.29, 0.717) is 33.7 Å². The Labute approximate surface area is 163 Å². The lowest BCUT2D eigenvalue weighted by atomic mass is 10.2. The number of carbonyl (C=O) groups excluding carboxylic acids is 1. The van der Waals surface area contributed by atoms with Gasteiger partial charge in [0.15, 0.2) is 17.3 Å². The molecule has 0 saturated heterocycles. The minimum Gasteiger partial charge on any atom is -0.454 e. The van der Waals surface area contributed by atoms with Gasteiger partial charge in [0.2, 0.25) is 17.9 Å². The molecule has 0 fully saturated rings. The van der Waals surface area contributed by atoms with Crippen LogP contribution in [0.4, 0.5) is 10.1 Å². The lowest BCUT2D eigenvalue weighted by Gasteiger charge is -2.12. The SMILES string of the molecule is C[C@H](Sc1nnc(-c2ccc(F)cc2)n1N)C(=O)Nc1ccc2c(c1)OCO2. The average Bonchev–Trinajstić information content (AvgIpc) is 3.29. The Morgan fingerprint density at radius 2 is 1.96 bits per heavy atom. The van der Waals surface area contributed by atoms with Crippen molar-refractivity contribution in [2.45, 2.75) is 17.3 Å². The van der Waals surface area contributed by atoms with Gasteiger partial charge in [-0.3, -0.25) is 4.79 Å². The molecule has 3 N–H and O–H groups in total. The van der Waals surface area contributed by atoms with Crippen LogP contribution in [0.2, 0.25) is 0 Å². The molecule has 1 aromatic heterocycles. The molecule has 0 spiro atoms. The van der Waals surface area contributed by atoms with E-state index < -0.39 is 5.25 Å². The minimum atomic E-state index is -0.488. The zero-order chi connectivity index (χ0) is 19.7. The third-order valence-electron chi connectivity index (χ3n) is 4.06. The predicted molar refractivity (Wildman–Crippen MR) is 102 cm³/mol. The zero-order valence-electron chi connectivity index (χ0n) is 14.8. The fraction of sp³-hybridized carbons (Fsp3) is 0.167. The molecule has 0 bridgehead atoms. The smallest absolute Gasteiger partial charge is 0.237 e. The number of nitrogens with zero attached hydrogens (tertiary/aromatic N) is 3. The molecule has 0 unspecified atom stereocenters. The predicted octanol–water partition coefficient (Wildman–Crippen LogP) is 2.65. The highest BCUT2D eigenvalue weighted by Gasteiger charge is 2.21. The maximum Gasteiger partial charge on any atom is 0.237 e. The van der Waals surface area contributed by atoms with Crippen LogP contribution in [-0.4, -0.2) is 32.8 Å². The Kier molecular flexibility index (Phi) is 4.78. The first-order valence-corrected chi connectivity index (χ1v) is 9.23. The molecule has 3 aromatic rings. The number of nitrogens with one attached hydrogen (secondary N) is 1. The van der Waals surface area contributed by atoms with Crippen LogP contribution in [0.25, 0.3) is 11.4 Å². The van der Waals surface area contributed by atoms with Gasteiger partial charge in [0.1, 0.15) is 5.82 Å². The number of thioether (sulfide) groups is 1. The molecule has 1 amide bonds. The van der Waals surface area contributed by atoms with Crippen molar-refractivity contribution in [3.63, 3.8) is 0 Å². The van der Waals surface area contributed by atoms with E-state index in [1.165, 1.54) is 16.8 Å². The molecule has 28 heavy (non-hydrogen) atoms. The summed E-state index contributed by atoms with van der Waals surface area (Å²) in [5.74, 6) is 7.08. The van der Waals surface area contributed by atoms with E-state index in [1.807, 2.05) is 0 Å². The van der Waals surface area contributed by atoms with Crippen molar-refractivity contribution < 1.29 is 18.7 Å². The zero-order valence-corrected chi connectivity index (χ0v) is 15.6. The Hall–Kier alpha value is -3.27. The highest BCUT2D eigenvalue weighted by atomic mass is 32.2. The van der Waals surface area contributed by atoms with Crippen molar-refractivity contribution in [2.75, 3.05) is 18.0 Å². The lowest BCUT2D eigenvalue weighted by Crippen LogP contribution is -2.23. The van der Waals surface area contributed by atoms with Gasteiger partial charge in [-0.1, -0.05) is 11.8 Å². The average molecular weight is 401 g/mol. The number of fused-ring (bicyclic) bond motifs is 1.